The number of halogens is 5. The minimum absolute atomic E-state index is 0.350. The summed E-state index contributed by atoms with van der Waals surface area (Å²) in [5, 5.41) is 0. The van der Waals surface area contributed by atoms with E-state index in [-0.39, 0.29) is 0 Å². The fraction of sp³-hybridized carbons (Fsp3) is 0.250. The third-order valence-corrected chi connectivity index (χ3v) is 1.81. The molecule has 1 aromatic rings. The standard InChI is InChI=1S/C8H7F5N2/c9-4-1-3(6(14)2-5(4)10)7(15)8(11,12)13/h1-2,7H,14-15H2/t7-/m1/s1. The number of anilines is 1. The number of alkyl halides is 3. The monoisotopic (exact) mass is 226 g/mol. The quantitative estimate of drug-likeness (QED) is 0.569. The summed E-state index contributed by atoms with van der Waals surface area (Å²) in [6.07, 6.45) is -4.75. The molecule has 4 N–H and O–H groups in total. The maximum absolute atomic E-state index is 12.7. The summed E-state index contributed by atoms with van der Waals surface area (Å²) in [4.78, 5) is 0. The van der Waals surface area contributed by atoms with Crippen molar-refractivity contribution in [2.75, 3.05) is 5.73 Å². The maximum Gasteiger partial charge on any atom is 0.407 e. The van der Waals surface area contributed by atoms with Crippen LogP contribution in [0.5, 0.6) is 0 Å². The molecule has 0 saturated carbocycles. The summed E-state index contributed by atoms with van der Waals surface area (Å²) in [6, 6.07) is -1.60. The lowest BCUT2D eigenvalue weighted by Crippen LogP contribution is -2.29. The van der Waals surface area contributed by atoms with Crippen molar-refractivity contribution < 1.29 is 22.0 Å². The van der Waals surface area contributed by atoms with Crippen LogP contribution in [0.4, 0.5) is 27.6 Å². The van der Waals surface area contributed by atoms with Crippen molar-refractivity contribution in [1.82, 2.24) is 0 Å². The van der Waals surface area contributed by atoms with E-state index in [0.717, 1.165) is 0 Å². The highest BCUT2D eigenvalue weighted by Gasteiger charge is 2.39. The van der Waals surface area contributed by atoms with Crippen molar-refractivity contribution in [1.29, 1.82) is 0 Å². The SMILES string of the molecule is Nc1cc(F)c(F)cc1[C@@H](N)C(F)(F)F. The Kier molecular flexibility index (Phi) is 2.85. The highest BCUT2D eigenvalue weighted by atomic mass is 19.4. The number of benzene rings is 1. The molecule has 1 rings (SSSR count). The summed E-state index contributed by atoms with van der Waals surface area (Å²) in [6.45, 7) is 0. The van der Waals surface area contributed by atoms with Crippen molar-refractivity contribution >= 4 is 5.69 Å². The Hall–Kier alpha value is -1.37. The number of nitrogens with two attached hydrogens (primary N) is 2. The van der Waals surface area contributed by atoms with Gasteiger partial charge < -0.3 is 11.5 Å². The highest BCUT2D eigenvalue weighted by molar-refractivity contribution is 5.49. The average molecular weight is 226 g/mol. The van der Waals surface area contributed by atoms with E-state index >= 15 is 0 Å². The molecule has 1 aromatic carbocycles. The lowest BCUT2D eigenvalue weighted by molar-refractivity contribution is -0.149. The van der Waals surface area contributed by atoms with Crippen LogP contribution >= 0.6 is 0 Å². The molecule has 0 spiro atoms. The second kappa shape index (κ2) is 3.65. The molecule has 0 radical (unpaired) electrons. The van der Waals surface area contributed by atoms with E-state index in [0.29, 0.717) is 12.1 Å². The van der Waals surface area contributed by atoms with E-state index in [4.69, 9.17) is 11.5 Å². The molecule has 2 nitrogen and oxygen atoms in total. The van der Waals surface area contributed by atoms with Crippen LogP contribution in [-0.4, -0.2) is 6.18 Å². The predicted octanol–water partition coefficient (Wildman–Crippen LogP) is 2.11. The zero-order chi connectivity index (χ0) is 11.8. The number of nitrogen functional groups attached to an aromatic ring is 1. The van der Waals surface area contributed by atoms with Gasteiger partial charge in [0.2, 0.25) is 0 Å². The minimum Gasteiger partial charge on any atom is -0.398 e. The van der Waals surface area contributed by atoms with Gasteiger partial charge in [-0.3, -0.25) is 0 Å². The normalized spacial score (nSPS) is 14.0. The van der Waals surface area contributed by atoms with Crippen molar-refractivity contribution in [2.45, 2.75) is 12.2 Å². The first-order chi connectivity index (χ1) is 6.73. The van der Waals surface area contributed by atoms with Gasteiger partial charge in [0, 0.05) is 17.3 Å². The van der Waals surface area contributed by atoms with E-state index in [9.17, 15) is 22.0 Å². The molecular formula is C8H7F5N2. The summed E-state index contributed by atoms with van der Waals surface area (Å²) < 4.78 is 61.6. The molecule has 0 unspecified atom stereocenters. The average Bonchev–Trinajstić information content (AvgIpc) is 2.08. The van der Waals surface area contributed by atoms with Gasteiger partial charge in [0.15, 0.2) is 11.6 Å². The van der Waals surface area contributed by atoms with Crippen molar-refractivity contribution in [3.05, 3.63) is 29.3 Å². The molecule has 0 amide bonds. The Labute approximate surface area is 81.7 Å². The number of rotatable bonds is 1. The molecule has 0 aliphatic rings. The third-order valence-electron chi connectivity index (χ3n) is 1.81. The zero-order valence-corrected chi connectivity index (χ0v) is 7.28. The fourth-order valence-corrected chi connectivity index (χ4v) is 1.02. The lowest BCUT2D eigenvalue weighted by Gasteiger charge is -2.17. The summed E-state index contributed by atoms with van der Waals surface area (Å²) in [5.74, 6) is -2.73. The van der Waals surface area contributed by atoms with Gasteiger partial charge in [-0.15, -0.1) is 0 Å². The lowest BCUT2D eigenvalue weighted by atomic mass is 10.0. The van der Waals surface area contributed by atoms with Gasteiger partial charge in [-0.1, -0.05) is 0 Å². The first-order valence-electron chi connectivity index (χ1n) is 3.80. The fourth-order valence-electron chi connectivity index (χ4n) is 1.02. The molecule has 0 bridgehead atoms. The van der Waals surface area contributed by atoms with Gasteiger partial charge in [0.05, 0.1) is 0 Å². The second-order valence-electron chi connectivity index (χ2n) is 2.91. The van der Waals surface area contributed by atoms with E-state index in [1.807, 2.05) is 0 Å². The Morgan fingerprint density at radius 3 is 2.00 bits per heavy atom. The van der Waals surface area contributed by atoms with Gasteiger partial charge >= 0.3 is 6.18 Å². The van der Waals surface area contributed by atoms with Gasteiger partial charge in [-0.2, -0.15) is 13.2 Å². The summed E-state index contributed by atoms with van der Waals surface area (Å²) in [5.41, 5.74) is 8.69. The van der Waals surface area contributed by atoms with Crippen LogP contribution in [0.2, 0.25) is 0 Å². The second-order valence-corrected chi connectivity index (χ2v) is 2.91. The molecular weight excluding hydrogens is 219 g/mol. The van der Waals surface area contributed by atoms with E-state index in [1.54, 1.807) is 0 Å². The number of hydrogen-bond acceptors (Lipinski definition) is 2. The molecule has 0 heterocycles. The van der Waals surface area contributed by atoms with Crippen LogP contribution in [0.3, 0.4) is 0 Å². The van der Waals surface area contributed by atoms with Crippen LogP contribution in [-0.2, 0) is 0 Å². The Morgan fingerprint density at radius 2 is 1.53 bits per heavy atom. The molecule has 0 aliphatic heterocycles. The summed E-state index contributed by atoms with van der Waals surface area (Å²) >= 11 is 0. The highest BCUT2D eigenvalue weighted by Crippen LogP contribution is 2.34. The zero-order valence-electron chi connectivity index (χ0n) is 7.28. The predicted molar refractivity (Wildman–Crippen MR) is 43.8 cm³/mol. The molecule has 84 valence electrons. The van der Waals surface area contributed by atoms with E-state index in [2.05, 4.69) is 0 Å². The van der Waals surface area contributed by atoms with E-state index < -0.39 is 35.1 Å². The van der Waals surface area contributed by atoms with E-state index in [1.165, 1.54) is 0 Å². The van der Waals surface area contributed by atoms with Crippen LogP contribution in [0.25, 0.3) is 0 Å². The molecule has 1 atom stereocenters. The smallest absolute Gasteiger partial charge is 0.398 e. The van der Waals surface area contributed by atoms with Gasteiger partial charge in [-0.05, 0) is 6.07 Å². The molecule has 0 fully saturated rings. The van der Waals surface area contributed by atoms with Crippen molar-refractivity contribution in [2.24, 2.45) is 5.73 Å². The Bertz CT molecular complexity index is 374. The topological polar surface area (TPSA) is 52.0 Å². The van der Waals surface area contributed by atoms with Crippen LogP contribution in [0, 0.1) is 11.6 Å². The minimum atomic E-state index is -4.75. The van der Waals surface area contributed by atoms with Gasteiger partial charge in [-0.25, -0.2) is 8.78 Å². The molecule has 7 heteroatoms. The third kappa shape index (κ3) is 2.35. The summed E-state index contributed by atoms with van der Waals surface area (Å²) in [7, 11) is 0. The first-order valence-corrected chi connectivity index (χ1v) is 3.80. The largest absolute Gasteiger partial charge is 0.407 e. The van der Waals surface area contributed by atoms with Crippen LogP contribution < -0.4 is 11.5 Å². The van der Waals surface area contributed by atoms with Crippen LogP contribution in [0.1, 0.15) is 11.6 Å². The molecule has 0 saturated heterocycles. The van der Waals surface area contributed by atoms with Gasteiger partial charge in [0.1, 0.15) is 6.04 Å². The maximum atomic E-state index is 12.7. The number of hydrogen-bond donors (Lipinski definition) is 2. The Balaban J connectivity index is 3.21. The first kappa shape index (κ1) is 11.7. The van der Waals surface area contributed by atoms with Crippen molar-refractivity contribution in [3.63, 3.8) is 0 Å². The van der Waals surface area contributed by atoms with Crippen LogP contribution in [0.15, 0.2) is 12.1 Å². The molecule has 0 aromatic heterocycles. The molecule has 15 heavy (non-hydrogen) atoms. The van der Waals surface area contributed by atoms with Gasteiger partial charge in [0.25, 0.3) is 0 Å². The molecule has 0 aliphatic carbocycles. The van der Waals surface area contributed by atoms with Crippen molar-refractivity contribution in [3.8, 4) is 0 Å². The Morgan fingerprint density at radius 1 is 1.07 bits per heavy atom.